The fourth-order valence-electron chi connectivity index (χ4n) is 1.79. The van der Waals surface area contributed by atoms with E-state index in [0.717, 1.165) is 0 Å². The molecule has 1 aliphatic rings. The molecule has 2 rings (SSSR count). The number of aliphatic hydroxyl groups is 1. The van der Waals surface area contributed by atoms with Crippen molar-refractivity contribution in [1.82, 2.24) is 4.90 Å². The summed E-state index contributed by atoms with van der Waals surface area (Å²) >= 11 is 0. The van der Waals surface area contributed by atoms with Gasteiger partial charge in [-0.25, -0.2) is 4.39 Å². The minimum absolute atomic E-state index is 0.0365. The Balaban J connectivity index is 2.18. The number of nitrogen functional groups attached to an aromatic ring is 1. The Kier molecular flexibility index (Phi) is 2.78. The largest absolute Gasteiger partial charge is 0.396 e. The van der Waals surface area contributed by atoms with E-state index in [2.05, 4.69) is 0 Å². The molecule has 0 saturated carbocycles. The molecule has 1 heterocycles. The molecule has 1 atom stereocenters. The number of anilines is 1. The summed E-state index contributed by atoms with van der Waals surface area (Å²) in [6.45, 7) is 0.855. The van der Waals surface area contributed by atoms with Crippen LogP contribution in [0.2, 0.25) is 0 Å². The Bertz CT molecular complexity index is 422. The van der Waals surface area contributed by atoms with Crippen molar-refractivity contribution in [3.05, 3.63) is 29.6 Å². The Morgan fingerprint density at radius 3 is 2.88 bits per heavy atom. The lowest BCUT2D eigenvalue weighted by molar-refractivity contribution is 0.0765. The summed E-state index contributed by atoms with van der Waals surface area (Å²) in [5, 5.41) is 9.32. The van der Waals surface area contributed by atoms with E-state index in [9.17, 15) is 14.3 Å². The number of carbonyl (C=O) groups is 1. The normalized spacial score (nSPS) is 20.1. The number of nitrogens with zero attached hydrogens (tertiary/aromatic N) is 1. The number of carbonyl (C=O) groups excluding carboxylic acids is 1. The van der Waals surface area contributed by atoms with Crippen LogP contribution in [0, 0.1) is 5.82 Å². The van der Waals surface area contributed by atoms with Crippen LogP contribution in [-0.4, -0.2) is 35.1 Å². The first-order valence-electron chi connectivity index (χ1n) is 5.10. The van der Waals surface area contributed by atoms with Crippen molar-refractivity contribution in [3.63, 3.8) is 0 Å². The van der Waals surface area contributed by atoms with Gasteiger partial charge in [0.05, 0.1) is 11.8 Å². The van der Waals surface area contributed by atoms with Gasteiger partial charge in [0.2, 0.25) is 0 Å². The molecular weight excluding hydrogens is 211 g/mol. The second-order valence-electron chi connectivity index (χ2n) is 3.93. The maximum Gasteiger partial charge on any atom is 0.254 e. The van der Waals surface area contributed by atoms with E-state index in [0.29, 0.717) is 25.1 Å². The molecule has 1 aliphatic heterocycles. The van der Waals surface area contributed by atoms with E-state index < -0.39 is 11.9 Å². The Hall–Kier alpha value is -1.62. The van der Waals surface area contributed by atoms with Gasteiger partial charge in [0.25, 0.3) is 5.91 Å². The van der Waals surface area contributed by atoms with Gasteiger partial charge in [-0.05, 0) is 24.6 Å². The summed E-state index contributed by atoms with van der Waals surface area (Å²) in [5.41, 5.74) is 5.71. The zero-order valence-corrected chi connectivity index (χ0v) is 8.69. The van der Waals surface area contributed by atoms with Crippen molar-refractivity contribution >= 4 is 11.6 Å². The summed E-state index contributed by atoms with van der Waals surface area (Å²) in [6, 6.07) is 3.90. The molecule has 5 heteroatoms. The van der Waals surface area contributed by atoms with Gasteiger partial charge in [-0.1, -0.05) is 0 Å². The maximum absolute atomic E-state index is 12.9. The minimum Gasteiger partial charge on any atom is -0.396 e. The predicted octanol–water partition coefficient (Wildman–Crippen LogP) is 0.615. The molecule has 1 saturated heterocycles. The number of β-amino-alcohol motifs (C(OH)–C–C–N with tert-alkyl or cyclic N) is 1. The third-order valence-electron chi connectivity index (χ3n) is 2.69. The number of halogens is 1. The fourth-order valence-corrected chi connectivity index (χ4v) is 1.79. The van der Waals surface area contributed by atoms with Crippen molar-refractivity contribution in [1.29, 1.82) is 0 Å². The van der Waals surface area contributed by atoms with Gasteiger partial charge in [0, 0.05) is 18.7 Å². The highest BCUT2D eigenvalue weighted by Gasteiger charge is 2.25. The number of aliphatic hydroxyl groups excluding tert-OH is 1. The van der Waals surface area contributed by atoms with Crippen LogP contribution < -0.4 is 5.73 Å². The number of rotatable bonds is 1. The average Bonchev–Trinajstić information content (AvgIpc) is 2.68. The van der Waals surface area contributed by atoms with Crippen LogP contribution in [-0.2, 0) is 0 Å². The minimum atomic E-state index is -0.530. The van der Waals surface area contributed by atoms with Crippen molar-refractivity contribution in [2.75, 3.05) is 18.8 Å². The standard InChI is InChI=1S/C11H13FN2O2/c12-9-2-1-7(5-10(9)13)11(16)14-4-3-8(15)6-14/h1-2,5,8,15H,3-4,6,13H2. The van der Waals surface area contributed by atoms with E-state index in [-0.39, 0.29) is 11.6 Å². The Labute approximate surface area is 92.5 Å². The van der Waals surface area contributed by atoms with Crippen LogP contribution in [0.15, 0.2) is 18.2 Å². The van der Waals surface area contributed by atoms with E-state index >= 15 is 0 Å². The number of likely N-dealkylation sites (tertiary alicyclic amines) is 1. The van der Waals surface area contributed by atoms with E-state index in [1.807, 2.05) is 0 Å². The van der Waals surface area contributed by atoms with Gasteiger partial charge < -0.3 is 15.7 Å². The first-order valence-corrected chi connectivity index (χ1v) is 5.10. The number of nitrogens with two attached hydrogens (primary N) is 1. The Morgan fingerprint density at radius 1 is 1.56 bits per heavy atom. The molecule has 3 N–H and O–H groups in total. The molecule has 1 unspecified atom stereocenters. The van der Waals surface area contributed by atoms with E-state index in [4.69, 9.17) is 5.73 Å². The van der Waals surface area contributed by atoms with Crippen LogP contribution in [0.25, 0.3) is 0 Å². The van der Waals surface area contributed by atoms with Crippen LogP contribution in [0.3, 0.4) is 0 Å². The van der Waals surface area contributed by atoms with Gasteiger partial charge in [-0.15, -0.1) is 0 Å². The predicted molar refractivity (Wildman–Crippen MR) is 57.3 cm³/mol. The van der Waals surface area contributed by atoms with Crippen molar-refractivity contribution in [2.24, 2.45) is 0 Å². The number of hydrogen-bond acceptors (Lipinski definition) is 3. The maximum atomic E-state index is 12.9. The topological polar surface area (TPSA) is 66.6 Å². The highest BCUT2D eigenvalue weighted by atomic mass is 19.1. The summed E-state index contributed by atoms with van der Waals surface area (Å²) in [4.78, 5) is 13.4. The molecule has 0 spiro atoms. The molecule has 0 aromatic heterocycles. The molecule has 4 nitrogen and oxygen atoms in total. The lowest BCUT2D eigenvalue weighted by Gasteiger charge is -2.15. The third kappa shape index (κ3) is 1.99. The van der Waals surface area contributed by atoms with Crippen molar-refractivity contribution in [3.8, 4) is 0 Å². The number of hydrogen-bond donors (Lipinski definition) is 2. The number of benzene rings is 1. The Morgan fingerprint density at radius 2 is 2.31 bits per heavy atom. The second kappa shape index (κ2) is 4.09. The van der Waals surface area contributed by atoms with Gasteiger partial charge in [0.15, 0.2) is 0 Å². The average molecular weight is 224 g/mol. The molecule has 0 radical (unpaired) electrons. The summed E-state index contributed by atoms with van der Waals surface area (Å²) in [7, 11) is 0. The zero-order chi connectivity index (χ0) is 11.7. The zero-order valence-electron chi connectivity index (χ0n) is 8.69. The van der Waals surface area contributed by atoms with E-state index in [1.165, 1.54) is 23.1 Å². The van der Waals surface area contributed by atoms with Crippen molar-refractivity contribution < 1.29 is 14.3 Å². The summed E-state index contributed by atoms with van der Waals surface area (Å²) in [6.07, 6.45) is 0.129. The highest BCUT2D eigenvalue weighted by molar-refractivity contribution is 5.95. The summed E-state index contributed by atoms with van der Waals surface area (Å²) < 4.78 is 12.9. The van der Waals surface area contributed by atoms with Crippen molar-refractivity contribution in [2.45, 2.75) is 12.5 Å². The third-order valence-corrected chi connectivity index (χ3v) is 2.69. The summed E-state index contributed by atoms with van der Waals surface area (Å²) in [5.74, 6) is -0.749. The monoisotopic (exact) mass is 224 g/mol. The van der Waals surface area contributed by atoms with E-state index in [1.54, 1.807) is 0 Å². The smallest absolute Gasteiger partial charge is 0.254 e. The molecule has 1 aromatic rings. The molecule has 16 heavy (non-hydrogen) atoms. The molecule has 1 aromatic carbocycles. The molecule has 1 amide bonds. The van der Waals surface area contributed by atoms with Crippen LogP contribution >= 0.6 is 0 Å². The molecule has 0 aliphatic carbocycles. The quantitative estimate of drug-likeness (QED) is 0.687. The van der Waals surface area contributed by atoms with Gasteiger partial charge in [-0.2, -0.15) is 0 Å². The lowest BCUT2D eigenvalue weighted by atomic mass is 10.1. The first-order chi connectivity index (χ1) is 7.58. The van der Waals surface area contributed by atoms with Gasteiger partial charge in [0.1, 0.15) is 5.82 Å². The fraction of sp³-hybridized carbons (Fsp3) is 0.364. The van der Waals surface area contributed by atoms with Gasteiger partial charge in [-0.3, -0.25) is 4.79 Å². The SMILES string of the molecule is Nc1cc(C(=O)N2CCC(O)C2)ccc1F. The molecule has 0 bridgehead atoms. The molecular formula is C11H13FN2O2. The second-order valence-corrected chi connectivity index (χ2v) is 3.93. The molecule has 1 fully saturated rings. The van der Waals surface area contributed by atoms with Gasteiger partial charge >= 0.3 is 0 Å². The highest BCUT2D eigenvalue weighted by Crippen LogP contribution is 2.17. The van der Waals surface area contributed by atoms with Crippen LogP contribution in [0.4, 0.5) is 10.1 Å². The number of amides is 1. The first kappa shape index (κ1) is 10.9. The molecule has 86 valence electrons. The van der Waals surface area contributed by atoms with Crippen LogP contribution in [0.1, 0.15) is 16.8 Å². The lowest BCUT2D eigenvalue weighted by Crippen LogP contribution is -2.29. The van der Waals surface area contributed by atoms with Crippen LogP contribution in [0.5, 0.6) is 0 Å².